The summed E-state index contributed by atoms with van der Waals surface area (Å²) in [7, 11) is 2.12. The zero-order valence-electron chi connectivity index (χ0n) is 11.2. The SMILES string of the molecule is CC(CCCl)CCN(C)Cc1cccc(C#N)c1. The summed E-state index contributed by atoms with van der Waals surface area (Å²) in [4.78, 5) is 2.29. The first-order valence-corrected chi connectivity index (χ1v) is 6.92. The number of hydrogen-bond donors (Lipinski definition) is 0. The summed E-state index contributed by atoms with van der Waals surface area (Å²) in [5.41, 5.74) is 1.93. The summed E-state index contributed by atoms with van der Waals surface area (Å²) in [5, 5.41) is 8.86. The lowest BCUT2D eigenvalue weighted by atomic mass is 10.0. The second kappa shape index (κ2) is 8.13. The molecule has 0 fully saturated rings. The maximum Gasteiger partial charge on any atom is 0.0991 e. The van der Waals surface area contributed by atoms with E-state index in [1.54, 1.807) is 0 Å². The predicted molar refractivity (Wildman–Crippen MR) is 76.6 cm³/mol. The minimum absolute atomic E-state index is 0.676. The van der Waals surface area contributed by atoms with Crippen molar-refractivity contribution in [2.45, 2.75) is 26.3 Å². The minimum atomic E-state index is 0.676. The van der Waals surface area contributed by atoms with Gasteiger partial charge in [-0.15, -0.1) is 11.6 Å². The van der Waals surface area contributed by atoms with E-state index in [9.17, 15) is 0 Å². The maximum absolute atomic E-state index is 8.86. The summed E-state index contributed by atoms with van der Waals surface area (Å²) in [6.07, 6.45) is 2.25. The highest BCUT2D eigenvalue weighted by atomic mass is 35.5. The molecule has 0 saturated heterocycles. The first kappa shape index (κ1) is 15.0. The molecular weight excluding hydrogens is 244 g/mol. The summed E-state index contributed by atoms with van der Waals surface area (Å²) in [6, 6.07) is 9.98. The fourth-order valence-electron chi connectivity index (χ4n) is 1.90. The summed E-state index contributed by atoms with van der Waals surface area (Å²) in [6.45, 7) is 4.20. The molecule has 0 aliphatic rings. The van der Waals surface area contributed by atoms with Crippen LogP contribution >= 0.6 is 11.6 Å². The molecule has 1 unspecified atom stereocenters. The molecule has 0 spiro atoms. The molecule has 0 saturated carbocycles. The first-order chi connectivity index (χ1) is 8.65. The van der Waals surface area contributed by atoms with Crippen molar-refractivity contribution in [3.05, 3.63) is 35.4 Å². The van der Waals surface area contributed by atoms with Crippen LogP contribution in [-0.4, -0.2) is 24.4 Å². The van der Waals surface area contributed by atoms with Crippen LogP contribution < -0.4 is 0 Å². The van der Waals surface area contributed by atoms with Crippen LogP contribution in [-0.2, 0) is 6.54 Å². The molecule has 2 nitrogen and oxygen atoms in total. The predicted octanol–water partition coefficient (Wildman–Crippen LogP) is 3.65. The number of alkyl halides is 1. The molecule has 1 aromatic rings. The average molecular weight is 265 g/mol. The van der Waals surface area contributed by atoms with Gasteiger partial charge in [0, 0.05) is 12.4 Å². The van der Waals surface area contributed by atoms with Gasteiger partial charge in [0.1, 0.15) is 0 Å². The van der Waals surface area contributed by atoms with Crippen LogP contribution in [0.2, 0.25) is 0 Å². The highest BCUT2D eigenvalue weighted by molar-refractivity contribution is 6.17. The highest BCUT2D eigenvalue weighted by Gasteiger charge is 2.05. The van der Waals surface area contributed by atoms with Gasteiger partial charge in [-0.25, -0.2) is 0 Å². The van der Waals surface area contributed by atoms with Crippen molar-refractivity contribution in [2.24, 2.45) is 5.92 Å². The van der Waals surface area contributed by atoms with Gasteiger partial charge in [-0.2, -0.15) is 5.26 Å². The largest absolute Gasteiger partial charge is 0.302 e. The van der Waals surface area contributed by atoms with E-state index in [0.29, 0.717) is 5.92 Å². The van der Waals surface area contributed by atoms with Crippen LogP contribution in [0.3, 0.4) is 0 Å². The van der Waals surface area contributed by atoms with Crippen LogP contribution in [0.15, 0.2) is 24.3 Å². The van der Waals surface area contributed by atoms with Gasteiger partial charge in [0.2, 0.25) is 0 Å². The van der Waals surface area contributed by atoms with Gasteiger partial charge in [0.25, 0.3) is 0 Å². The van der Waals surface area contributed by atoms with Crippen LogP contribution in [0.5, 0.6) is 0 Å². The van der Waals surface area contributed by atoms with Crippen molar-refractivity contribution in [1.29, 1.82) is 5.26 Å². The third-order valence-corrected chi connectivity index (χ3v) is 3.33. The van der Waals surface area contributed by atoms with Gasteiger partial charge in [0.15, 0.2) is 0 Å². The van der Waals surface area contributed by atoms with Crippen LogP contribution in [0.25, 0.3) is 0 Å². The molecular formula is C15H21ClN2. The molecule has 18 heavy (non-hydrogen) atoms. The second-order valence-electron chi connectivity index (χ2n) is 4.92. The van der Waals surface area contributed by atoms with Crippen molar-refractivity contribution >= 4 is 11.6 Å². The third kappa shape index (κ3) is 5.53. The van der Waals surface area contributed by atoms with Gasteiger partial charge in [-0.3, -0.25) is 0 Å². The Morgan fingerprint density at radius 3 is 2.83 bits per heavy atom. The average Bonchev–Trinajstić information content (AvgIpc) is 2.37. The Kier molecular flexibility index (Phi) is 6.78. The molecule has 1 aromatic carbocycles. The van der Waals surface area contributed by atoms with Crippen LogP contribution in [0, 0.1) is 17.2 Å². The number of halogens is 1. The number of nitriles is 1. The lowest BCUT2D eigenvalue weighted by molar-refractivity contribution is 0.296. The van der Waals surface area contributed by atoms with Gasteiger partial charge in [-0.05, 0) is 50.0 Å². The fourth-order valence-corrected chi connectivity index (χ4v) is 2.27. The van der Waals surface area contributed by atoms with E-state index in [0.717, 1.165) is 31.0 Å². The molecule has 0 aromatic heterocycles. The lowest BCUT2D eigenvalue weighted by Crippen LogP contribution is -2.21. The monoisotopic (exact) mass is 264 g/mol. The summed E-state index contributed by atoms with van der Waals surface area (Å²) >= 11 is 5.73. The van der Waals surface area contributed by atoms with E-state index < -0.39 is 0 Å². The second-order valence-corrected chi connectivity index (χ2v) is 5.30. The molecule has 1 atom stereocenters. The van der Waals surface area contributed by atoms with Gasteiger partial charge >= 0.3 is 0 Å². The van der Waals surface area contributed by atoms with Crippen LogP contribution in [0.1, 0.15) is 30.9 Å². The van der Waals surface area contributed by atoms with Crippen molar-refractivity contribution in [2.75, 3.05) is 19.5 Å². The van der Waals surface area contributed by atoms with Gasteiger partial charge < -0.3 is 4.90 Å². The Hall–Kier alpha value is -1.04. The Morgan fingerprint density at radius 2 is 2.17 bits per heavy atom. The Bertz CT molecular complexity index is 398. The fraction of sp³-hybridized carbons (Fsp3) is 0.533. The molecule has 0 heterocycles. The van der Waals surface area contributed by atoms with E-state index >= 15 is 0 Å². The zero-order chi connectivity index (χ0) is 13.4. The molecule has 0 aliphatic carbocycles. The normalized spacial score (nSPS) is 12.4. The smallest absolute Gasteiger partial charge is 0.0991 e. The molecule has 1 rings (SSSR count). The summed E-state index contributed by atoms with van der Waals surface area (Å²) < 4.78 is 0. The topological polar surface area (TPSA) is 27.0 Å². The van der Waals surface area contributed by atoms with E-state index in [4.69, 9.17) is 16.9 Å². The summed E-state index contributed by atoms with van der Waals surface area (Å²) in [5.74, 6) is 1.42. The minimum Gasteiger partial charge on any atom is -0.302 e. The van der Waals surface area contributed by atoms with E-state index in [-0.39, 0.29) is 0 Å². The Balaban J connectivity index is 2.39. The maximum atomic E-state index is 8.86. The van der Waals surface area contributed by atoms with Crippen LogP contribution in [0.4, 0.5) is 0 Å². The van der Waals surface area contributed by atoms with Crippen molar-refractivity contribution in [3.8, 4) is 6.07 Å². The Morgan fingerprint density at radius 1 is 1.39 bits per heavy atom. The van der Waals surface area contributed by atoms with E-state index in [1.165, 1.54) is 12.0 Å². The molecule has 3 heteroatoms. The molecule has 0 radical (unpaired) electrons. The standard InChI is InChI=1S/C15H21ClN2/c1-13(6-8-16)7-9-18(2)12-15-5-3-4-14(10-15)11-17/h3-5,10,13H,6-9,12H2,1-2H3. The molecule has 0 amide bonds. The van der Waals surface area contributed by atoms with Crippen molar-refractivity contribution < 1.29 is 0 Å². The molecule has 0 bridgehead atoms. The number of benzene rings is 1. The zero-order valence-corrected chi connectivity index (χ0v) is 12.0. The van der Waals surface area contributed by atoms with Crippen molar-refractivity contribution in [1.82, 2.24) is 4.90 Å². The van der Waals surface area contributed by atoms with Crippen molar-refractivity contribution in [3.63, 3.8) is 0 Å². The highest BCUT2D eigenvalue weighted by Crippen LogP contribution is 2.11. The number of hydrogen-bond acceptors (Lipinski definition) is 2. The van der Waals surface area contributed by atoms with E-state index in [2.05, 4.69) is 31.0 Å². The molecule has 98 valence electrons. The van der Waals surface area contributed by atoms with E-state index in [1.807, 2.05) is 18.2 Å². The quantitative estimate of drug-likeness (QED) is 0.703. The lowest BCUT2D eigenvalue weighted by Gasteiger charge is -2.19. The van der Waals surface area contributed by atoms with Gasteiger partial charge in [-0.1, -0.05) is 19.1 Å². The van der Waals surface area contributed by atoms with Gasteiger partial charge in [0.05, 0.1) is 11.6 Å². The molecule has 0 aliphatic heterocycles. The third-order valence-electron chi connectivity index (χ3n) is 3.11. The number of rotatable bonds is 7. The Labute approximate surface area is 115 Å². The molecule has 0 N–H and O–H groups in total. The number of nitrogens with zero attached hydrogens (tertiary/aromatic N) is 2. The first-order valence-electron chi connectivity index (χ1n) is 6.39.